The number of rotatable bonds is 5. The van der Waals surface area contributed by atoms with Crippen LogP contribution in [-0.2, 0) is 5.60 Å². The fraction of sp³-hybridized carbons (Fsp3) is 0.158. The van der Waals surface area contributed by atoms with Crippen LogP contribution in [0.2, 0.25) is 0 Å². The van der Waals surface area contributed by atoms with Gasteiger partial charge in [0.15, 0.2) is 11.5 Å². The van der Waals surface area contributed by atoms with Gasteiger partial charge >= 0.3 is 0 Å². The average Bonchev–Trinajstić information content (AvgIpc) is 3.08. The molecule has 0 fully saturated rings. The molecule has 0 aliphatic rings. The van der Waals surface area contributed by atoms with Crippen LogP contribution >= 0.6 is 0 Å². The standard InChI is InChI=1S/C19H21N3O2/c1-19(2,18-8-5-11-22-18)24-17-7-4-3-6-16(17)23-13-9-10-14(20)15(21)12-13/h3-12,22H,20-21H2,1-2H3. The maximum atomic E-state index is 6.19. The van der Waals surface area contributed by atoms with Gasteiger partial charge < -0.3 is 25.9 Å². The normalized spacial score (nSPS) is 11.2. The second-order valence-electron chi connectivity index (χ2n) is 6.04. The highest BCUT2D eigenvalue weighted by atomic mass is 16.5. The van der Waals surface area contributed by atoms with Crippen LogP contribution in [0.1, 0.15) is 19.5 Å². The molecule has 24 heavy (non-hydrogen) atoms. The van der Waals surface area contributed by atoms with E-state index in [1.54, 1.807) is 18.2 Å². The fourth-order valence-electron chi connectivity index (χ4n) is 2.40. The van der Waals surface area contributed by atoms with Crippen LogP contribution in [-0.4, -0.2) is 4.98 Å². The molecule has 0 atom stereocenters. The SMILES string of the molecule is CC(C)(Oc1ccccc1Oc1ccc(N)c(N)c1)c1ccc[nH]1. The highest BCUT2D eigenvalue weighted by molar-refractivity contribution is 5.65. The third-order valence-electron chi connectivity index (χ3n) is 3.75. The second-order valence-corrected chi connectivity index (χ2v) is 6.04. The zero-order valence-electron chi connectivity index (χ0n) is 13.7. The predicted molar refractivity (Wildman–Crippen MR) is 96.2 cm³/mol. The van der Waals surface area contributed by atoms with Crippen molar-refractivity contribution in [3.63, 3.8) is 0 Å². The Bertz CT molecular complexity index is 826. The third-order valence-corrected chi connectivity index (χ3v) is 3.75. The Morgan fingerprint density at radius 2 is 1.62 bits per heavy atom. The molecule has 3 aromatic rings. The van der Waals surface area contributed by atoms with E-state index in [1.165, 1.54) is 0 Å². The maximum absolute atomic E-state index is 6.19. The highest BCUT2D eigenvalue weighted by Crippen LogP contribution is 2.36. The summed E-state index contributed by atoms with van der Waals surface area (Å²) in [5.41, 5.74) is 13.0. The summed E-state index contributed by atoms with van der Waals surface area (Å²) < 4.78 is 12.1. The number of nitrogen functional groups attached to an aromatic ring is 2. The highest BCUT2D eigenvalue weighted by Gasteiger charge is 2.25. The molecule has 5 nitrogen and oxygen atoms in total. The number of anilines is 2. The van der Waals surface area contributed by atoms with Crippen LogP contribution in [0.4, 0.5) is 11.4 Å². The molecule has 5 N–H and O–H groups in total. The summed E-state index contributed by atoms with van der Waals surface area (Å²) in [5, 5.41) is 0. The molecule has 0 saturated heterocycles. The van der Waals surface area contributed by atoms with Crippen LogP contribution in [0.5, 0.6) is 17.2 Å². The Morgan fingerprint density at radius 3 is 2.29 bits per heavy atom. The van der Waals surface area contributed by atoms with Gasteiger partial charge in [-0.2, -0.15) is 0 Å². The van der Waals surface area contributed by atoms with Gasteiger partial charge in [0.1, 0.15) is 11.4 Å². The summed E-state index contributed by atoms with van der Waals surface area (Å²) in [4.78, 5) is 3.18. The van der Waals surface area contributed by atoms with E-state index in [0.29, 0.717) is 28.6 Å². The Morgan fingerprint density at radius 1 is 0.875 bits per heavy atom. The molecule has 3 rings (SSSR count). The zero-order valence-corrected chi connectivity index (χ0v) is 13.7. The maximum Gasteiger partial charge on any atom is 0.169 e. The molecule has 0 aliphatic carbocycles. The summed E-state index contributed by atoms with van der Waals surface area (Å²) in [6, 6.07) is 16.7. The van der Waals surface area contributed by atoms with E-state index < -0.39 is 5.60 Å². The number of para-hydroxylation sites is 2. The molecule has 1 heterocycles. The van der Waals surface area contributed by atoms with Gasteiger partial charge in [-0.3, -0.25) is 0 Å². The lowest BCUT2D eigenvalue weighted by atomic mass is 10.1. The van der Waals surface area contributed by atoms with Crippen molar-refractivity contribution in [2.45, 2.75) is 19.4 Å². The molecular formula is C19H21N3O2. The van der Waals surface area contributed by atoms with Crippen molar-refractivity contribution in [3.8, 4) is 17.2 Å². The summed E-state index contributed by atoms with van der Waals surface area (Å²) in [6.07, 6.45) is 1.87. The van der Waals surface area contributed by atoms with E-state index in [1.807, 2.05) is 56.4 Å². The Hall–Kier alpha value is -3.08. The first-order chi connectivity index (χ1) is 11.5. The molecule has 5 heteroatoms. The first-order valence-electron chi connectivity index (χ1n) is 7.70. The Labute approximate surface area is 141 Å². The number of H-pyrrole nitrogens is 1. The van der Waals surface area contributed by atoms with Gasteiger partial charge in [0.2, 0.25) is 0 Å². The molecule has 0 radical (unpaired) electrons. The molecule has 0 amide bonds. The lowest BCUT2D eigenvalue weighted by molar-refractivity contribution is 0.101. The van der Waals surface area contributed by atoms with Crippen molar-refractivity contribution < 1.29 is 9.47 Å². The average molecular weight is 323 g/mol. The molecule has 0 bridgehead atoms. The summed E-state index contributed by atoms with van der Waals surface area (Å²) in [7, 11) is 0. The molecule has 0 aliphatic heterocycles. The topological polar surface area (TPSA) is 86.3 Å². The van der Waals surface area contributed by atoms with E-state index in [2.05, 4.69) is 4.98 Å². The fourth-order valence-corrected chi connectivity index (χ4v) is 2.40. The van der Waals surface area contributed by atoms with E-state index in [9.17, 15) is 0 Å². The van der Waals surface area contributed by atoms with Crippen LogP contribution in [0.15, 0.2) is 60.8 Å². The third kappa shape index (κ3) is 3.30. The molecule has 2 aromatic carbocycles. The van der Waals surface area contributed by atoms with Crippen molar-refractivity contribution in [3.05, 3.63) is 66.5 Å². The van der Waals surface area contributed by atoms with Crippen molar-refractivity contribution >= 4 is 11.4 Å². The summed E-state index contributed by atoms with van der Waals surface area (Å²) in [6.45, 7) is 3.99. The number of benzene rings is 2. The minimum absolute atomic E-state index is 0.484. The number of aromatic amines is 1. The smallest absolute Gasteiger partial charge is 0.169 e. The van der Waals surface area contributed by atoms with E-state index in [-0.39, 0.29) is 0 Å². The monoisotopic (exact) mass is 323 g/mol. The first-order valence-corrected chi connectivity index (χ1v) is 7.70. The zero-order chi connectivity index (χ0) is 17.2. The van der Waals surface area contributed by atoms with Gasteiger partial charge in [0, 0.05) is 12.3 Å². The largest absolute Gasteiger partial charge is 0.478 e. The number of hydrogen-bond acceptors (Lipinski definition) is 4. The van der Waals surface area contributed by atoms with Crippen LogP contribution in [0.3, 0.4) is 0 Å². The summed E-state index contributed by atoms with van der Waals surface area (Å²) >= 11 is 0. The number of nitrogens with two attached hydrogens (primary N) is 2. The quantitative estimate of drug-likeness (QED) is 0.611. The van der Waals surface area contributed by atoms with Gasteiger partial charge in [-0.1, -0.05) is 12.1 Å². The van der Waals surface area contributed by atoms with Crippen molar-refractivity contribution in [2.75, 3.05) is 11.5 Å². The minimum Gasteiger partial charge on any atom is -0.478 e. The Kier molecular flexibility index (Phi) is 4.08. The first kappa shape index (κ1) is 15.8. The van der Waals surface area contributed by atoms with Crippen LogP contribution in [0.25, 0.3) is 0 Å². The van der Waals surface area contributed by atoms with Crippen molar-refractivity contribution in [1.82, 2.24) is 4.98 Å². The van der Waals surface area contributed by atoms with E-state index in [0.717, 1.165) is 5.69 Å². The van der Waals surface area contributed by atoms with Gasteiger partial charge in [-0.05, 0) is 50.2 Å². The molecule has 1 aromatic heterocycles. The number of nitrogens with one attached hydrogen (secondary N) is 1. The van der Waals surface area contributed by atoms with Gasteiger partial charge in [0.05, 0.1) is 17.1 Å². The second kappa shape index (κ2) is 6.20. The molecule has 0 spiro atoms. The lowest BCUT2D eigenvalue weighted by Crippen LogP contribution is -2.25. The predicted octanol–water partition coefficient (Wildman–Crippen LogP) is 4.29. The number of ether oxygens (including phenoxy) is 2. The van der Waals surface area contributed by atoms with Crippen molar-refractivity contribution in [2.24, 2.45) is 0 Å². The van der Waals surface area contributed by atoms with Gasteiger partial charge in [-0.25, -0.2) is 0 Å². The number of aromatic nitrogens is 1. The number of hydrogen-bond donors (Lipinski definition) is 3. The minimum atomic E-state index is -0.525. The molecule has 0 saturated carbocycles. The Balaban J connectivity index is 1.86. The molecule has 0 unspecified atom stereocenters. The van der Waals surface area contributed by atoms with Crippen molar-refractivity contribution in [1.29, 1.82) is 0 Å². The van der Waals surface area contributed by atoms with E-state index >= 15 is 0 Å². The van der Waals surface area contributed by atoms with Crippen LogP contribution in [0, 0.1) is 0 Å². The summed E-state index contributed by atoms with van der Waals surface area (Å²) in [5.74, 6) is 1.87. The van der Waals surface area contributed by atoms with Gasteiger partial charge in [-0.15, -0.1) is 0 Å². The van der Waals surface area contributed by atoms with Gasteiger partial charge in [0.25, 0.3) is 0 Å². The molecular weight excluding hydrogens is 302 g/mol. The molecule has 124 valence electrons. The van der Waals surface area contributed by atoms with E-state index in [4.69, 9.17) is 20.9 Å². The van der Waals surface area contributed by atoms with Crippen LogP contribution < -0.4 is 20.9 Å². The lowest BCUT2D eigenvalue weighted by Gasteiger charge is -2.26.